The van der Waals surface area contributed by atoms with E-state index in [4.69, 9.17) is 9.47 Å². The maximum Gasteiger partial charge on any atom is 0.229 e. The second-order valence-corrected chi connectivity index (χ2v) is 5.59. The van der Waals surface area contributed by atoms with Gasteiger partial charge in [-0.1, -0.05) is 30.3 Å². The number of rotatable bonds is 3. The van der Waals surface area contributed by atoms with Crippen LogP contribution in [0.25, 0.3) is 0 Å². The third kappa shape index (κ3) is 3.10. The highest BCUT2D eigenvalue weighted by atomic mass is 16.5. The zero-order chi connectivity index (χ0) is 14.7. The second-order valence-electron chi connectivity index (χ2n) is 5.59. The minimum atomic E-state index is -0.0791. The van der Waals surface area contributed by atoms with Crippen molar-refractivity contribution in [3.8, 4) is 0 Å². The van der Waals surface area contributed by atoms with Crippen LogP contribution in [0.1, 0.15) is 11.7 Å². The maximum absolute atomic E-state index is 12.7. The van der Waals surface area contributed by atoms with Crippen LogP contribution in [-0.2, 0) is 14.3 Å². The summed E-state index contributed by atoms with van der Waals surface area (Å²) in [6, 6.07) is 10.2. The molecule has 5 nitrogen and oxygen atoms in total. The summed E-state index contributed by atoms with van der Waals surface area (Å²) >= 11 is 0. The first kappa shape index (κ1) is 14.5. The standard InChI is InChI=1S/C16H22N2O3/c1-17-14-11-20-10-13(14)16(19)18-7-8-21-15(9-18)12-5-3-2-4-6-12/h2-6,13-15,17H,7-11H2,1H3. The normalized spacial score (nSPS) is 29.6. The molecule has 2 heterocycles. The van der Waals surface area contributed by atoms with Crippen LogP contribution in [-0.4, -0.2) is 56.8 Å². The first-order valence-electron chi connectivity index (χ1n) is 7.50. The Kier molecular flexibility index (Phi) is 4.53. The third-order valence-corrected chi connectivity index (χ3v) is 4.32. The molecule has 2 aliphatic rings. The van der Waals surface area contributed by atoms with Gasteiger partial charge in [-0.3, -0.25) is 4.79 Å². The fraction of sp³-hybridized carbons (Fsp3) is 0.562. The molecule has 0 aromatic heterocycles. The number of hydrogen-bond donors (Lipinski definition) is 1. The van der Waals surface area contributed by atoms with Gasteiger partial charge in [0.2, 0.25) is 5.91 Å². The van der Waals surface area contributed by atoms with Gasteiger partial charge in [-0.25, -0.2) is 0 Å². The van der Waals surface area contributed by atoms with Crippen molar-refractivity contribution >= 4 is 5.91 Å². The molecule has 3 unspecified atom stereocenters. The van der Waals surface area contributed by atoms with E-state index in [0.717, 1.165) is 5.56 Å². The van der Waals surface area contributed by atoms with Crippen LogP contribution in [0, 0.1) is 5.92 Å². The number of ether oxygens (including phenoxy) is 2. The number of benzene rings is 1. The SMILES string of the molecule is CNC1COCC1C(=O)N1CCOC(c2ccccc2)C1. The molecule has 21 heavy (non-hydrogen) atoms. The predicted octanol–water partition coefficient (Wildman–Crippen LogP) is 0.821. The van der Waals surface area contributed by atoms with Gasteiger partial charge in [0.25, 0.3) is 0 Å². The summed E-state index contributed by atoms with van der Waals surface area (Å²) in [7, 11) is 1.88. The monoisotopic (exact) mass is 290 g/mol. The minimum Gasteiger partial charge on any atom is -0.379 e. The quantitative estimate of drug-likeness (QED) is 0.895. The lowest BCUT2D eigenvalue weighted by molar-refractivity contribution is -0.143. The third-order valence-electron chi connectivity index (χ3n) is 4.32. The van der Waals surface area contributed by atoms with E-state index in [1.165, 1.54) is 0 Å². The number of amides is 1. The van der Waals surface area contributed by atoms with Crippen molar-refractivity contribution in [3.63, 3.8) is 0 Å². The van der Waals surface area contributed by atoms with Crippen LogP contribution >= 0.6 is 0 Å². The van der Waals surface area contributed by atoms with Crippen molar-refractivity contribution < 1.29 is 14.3 Å². The molecule has 0 radical (unpaired) electrons. The van der Waals surface area contributed by atoms with Gasteiger partial charge in [0.15, 0.2) is 0 Å². The molecule has 1 aromatic carbocycles. The van der Waals surface area contributed by atoms with Crippen molar-refractivity contribution in [2.45, 2.75) is 12.1 Å². The Morgan fingerprint density at radius 3 is 2.86 bits per heavy atom. The van der Waals surface area contributed by atoms with E-state index in [-0.39, 0.29) is 24.0 Å². The van der Waals surface area contributed by atoms with Crippen LogP contribution in [0.2, 0.25) is 0 Å². The number of morpholine rings is 1. The summed E-state index contributed by atoms with van der Waals surface area (Å²) in [4.78, 5) is 14.6. The lowest BCUT2D eigenvalue weighted by Crippen LogP contribution is -2.49. The Bertz CT molecular complexity index is 480. The molecule has 1 aromatic rings. The van der Waals surface area contributed by atoms with Crippen molar-refractivity contribution in [1.82, 2.24) is 10.2 Å². The van der Waals surface area contributed by atoms with Crippen molar-refractivity contribution in [3.05, 3.63) is 35.9 Å². The number of carbonyl (C=O) groups is 1. The van der Waals surface area contributed by atoms with Gasteiger partial charge < -0.3 is 19.7 Å². The molecule has 3 rings (SSSR count). The van der Waals surface area contributed by atoms with Gasteiger partial charge in [-0.2, -0.15) is 0 Å². The Morgan fingerprint density at radius 2 is 2.10 bits per heavy atom. The first-order valence-corrected chi connectivity index (χ1v) is 7.50. The van der Waals surface area contributed by atoms with Crippen LogP contribution in [0.3, 0.4) is 0 Å². The van der Waals surface area contributed by atoms with E-state index in [9.17, 15) is 4.79 Å². The Balaban J connectivity index is 1.67. The minimum absolute atomic E-state index is 0.0285. The second kappa shape index (κ2) is 6.56. The topological polar surface area (TPSA) is 50.8 Å². The van der Waals surface area contributed by atoms with Crippen molar-refractivity contribution in [2.75, 3.05) is 40.0 Å². The number of carbonyl (C=O) groups excluding carboxylic acids is 1. The summed E-state index contributed by atoms with van der Waals surface area (Å²) in [6.45, 7) is 2.99. The van der Waals surface area contributed by atoms with E-state index in [1.54, 1.807) is 0 Å². The average molecular weight is 290 g/mol. The van der Waals surface area contributed by atoms with Crippen molar-refractivity contribution in [1.29, 1.82) is 0 Å². The Hall–Kier alpha value is -1.43. The summed E-state index contributed by atoms with van der Waals surface area (Å²) in [5, 5.41) is 3.17. The molecule has 5 heteroatoms. The summed E-state index contributed by atoms with van der Waals surface area (Å²) in [6.07, 6.45) is -0.0285. The molecule has 1 amide bonds. The molecule has 2 saturated heterocycles. The van der Waals surface area contributed by atoms with Gasteiger partial charge in [0, 0.05) is 12.6 Å². The van der Waals surface area contributed by atoms with E-state index >= 15 is 0 Å². The smallest absolute Gasteiger partial charge is 0.229 e. The number of nitrogens with one attached hydrogen (secondary N) is 1. The molecule has 0 bridgehead atoms. The van der Waals surface area contributed by atoms with Crippen LogP contribution < -0.4 is 5.32 Å². The largest absolute Gasteiger partial charge is 0.379 e. The number of nitrogens with zero attached hydrogens (tertiary/aromatic N) is 1. The molecule has 0 aliphatic carbocycles. The zero-order valence-electron chi connectivity index (χ0n) is 12.3. The lowest BCUT2D eigenvalue weighted by Gasteiger charge is -2.35. The number of hydrogen-bond acceptors (Lipinski definition) is 4. The zero-order valence-corrected chi connectivity index (χ0v) is 12.3. The Labute approximate surface area is 125 Å². The van der Waals surface area contributed by atoms with Gasteiger partial charge >= 0.3 is 0 Å². The van der Waals surface area contributed by atoms with Crippen molar-refractivity contribution in [2.24, 2.45) is 5.92 Å². The molecule has 0 spiro atoms. The van der Waals surface area contributed by atoms with Gasteiger partial charge in [-0.15, -0.1) is 0 Å². The molecule has 3 atom stereocenters. The van der Waals surface area contributed by atoms with Crippen LogP contribution in [0.4, 0.5) is 0 Å². The molecule has 114 valence electrons. The molecule has 2 aliphatic heterocycles. The van der Waals surface area contributed by atoms with Crippen LogP contribution in [0.5, 0.6) is 0 Å². The maximum atomic E-state index is 12.7. The van der Waals surface area contributed by atoms with E-state index in [2.05, 4.69) is 5.32 Å². The highest BCUT2D eigenvalue weighted by Gasteiger charge is 2.37. The molecule has 1 N–H and O–H groups in total. The van der Waals surface area contributed by atoms with E-state index < -0.39 is 0 Å². The molecule has 2 fully saturated rings. The van der Waals surface area contributed by atoms with E-state index in [0.29, 0.717) is 32.9 Å². The summed E-state index contributed by atoms with van der Waals surface area (Å²) < 4.78 is 11.3. The fourth-order valence-electron chi connectivity index (χ4n) is 3.04. The Morgan fingerprint density at radius 1 is 1.29 bits per heavy atom. The van der Waals surface area contributed by atoms with Gasteiger partial charge in [0.1, 0.15) is 6.10 Å². The summed E-state index contributed by atoms with van der Waals surface area (Å²) in [5.41, 5.74) is 1.13. The predicted molar refractivity (Wildman–Crippen MR) is 78.9 cm³/mol. The highest BCUT2D eigenvalue weighted by Crippen LogP contribution is 2.24. The molecular weight excluding hydrogens is 268 g/mol. The molecular formula is C16H22N2O3. The van der Waals surface area contributed by atoms with E-state index in [1.807, 2.05) is 42.3 Å². The fourth-order valence-corrected chi connectivity index (χ4v) is 3.04. The number of likely N-dealkylation sites (N-methyl/N-ethyl adjacent to an activating group) is 1. The summed E-state index contributed by atoms with van der Waals surface area (Å²) in [5.74, 6) is 0.0978. The average Bonchev–Trinajstić information content (AvgIpc) is 3.04. The van der Waals surface area contributed by atoms with Crippen LogP contribution in [0.15, 0.2) is 30.3 Å². The highest BCUT2D eigenvalue weighted by molar-refractivity contribution is 5.80. The molecule has 0 saturated carbocycles. The lowest BCUT2D eigenvalue weighted by atomic mass is 10.0. The van der Waals surface area contributed by atoms with Gasteiger partial charge in [-0.05, 0) is 12.6 Å². The van der Waals surface area contributed by atoms with Gasteiger partial charge in [0.05, 0.1) is 32.3 Å². The first-order chi connectivity index (χ1) is 10.3.